The number of aromatic hydroxyl groups is 2. The van der Waals surface area contributed by atoms with Gasteiger partial charge >= 0.3 is 0 Å². The third-order valence-corrected chi connectivity index (χ3v) is 10.2. The number of pyridine rings is 4. The smallest absolute Gasteiger partial charge is 0.255 e. The van der Waals surface area contributed by atoms with Crippen molar-refractivity contribution in [2.45, 2.75) is 27.7 Å². The third-order valence-electron chi connectivity index (χ3n) is 8.50. The van der Waals surface area contributed by atoms with E-state index < -0.39 is 22.8 Å². The zero-order valence-electron chi connectivity index (χ0n) is 29.6. The Labute approximate surface area is 334 Å². The van der Waals surface area contributed by atoms with Crippen LogP contribution in [0.25, 0.3) is 43.6 Å². The monoisotopic (exact) mass is 844 g/mol. The maximum atomic E-state index is 13.4. The molecule has 4 aromatic heterocycles. The normalized spacial score (nSPS) is 10.8. The molecule has 4 aromatic carbocycles. The molecule has 0 bridgehead atoms. The van der Waals surface area contributed by atoms with Crippen molar-refractivity contribution in [2.75, 3.05) is 0 Å². The fraction of sp³-hybridized carbons (Fsp3) is 0.100. The Morgan fingerprint density at radius 1 is 0.536 bits per heavy atom. The molecule has 8 nitrogen and oxygen atoms in total. The minimum absolute atomic E-state index is 0.0598. The number of nitrogens with one attached hydrogen (secondary N) is 2. The first-order valence-electron chi connectivity index (χ1n) is 16.2. The maximum Gasteiger partial charge on any atom is 0.255 e. The van der Waals surface area contributed by atoms with Crippen LogP contribution < -0.4 is 11.1 Å². The number of fused-ring (bicyclic) bond motifs is 4. The molecule has 8 aromatic rings. The Bertz CT molecular complexity index is 2920. The molecule has 4 N–H and O–H groups in total. The molecule has 0 unspecified atom stereocenters. The zero-order valence-corrected chi connectivity index (χ0v) is 32.6. The van der Waals surface area contributed by atoms with Crippen molar-refractivity contribution in [3.8, 4) is 11.5 Å². The molecule has 288 valence electrons. The first-order valence-corrected chi connectivity index (χ1v) is 17.7. The molecule has 0 fully saturated rings. The van der Waals surface area contributed by atoms with Crippen molar-refractivity contribution in [2.24, 2.45) is 0 Å². The van der Waals surface area contributed by atoms with Crippen LogP contribution in [0.4, 0.5) is 17.6 Å². The summed E-state index contributed by atoms with van der Waals surface area (Å²) in [6, 6.07) is 17.0. The van der Waals surface area contributed by atoms with E-state index >= 15 is 0 Å². The van der Waals surface area contributed by atoms with Crippen LogP contribution in [0.2, 0.25) is 20.4 Å². The Balaban J connectivity index is 0.000000143. The van der Waals surface area contributed by atoms with E-state index in [1.807, 2.05) is 0 Å². The van der Waals surface area contributed by atoms with E-state index in [-0.39, 0.29) is 39.6 Å². The summed E-state index contributed by atoms with van der Waals surface area (Å²) in [5, 5.41) is 22.2. The van der Waals surface area contributed by atoms with Crippen molar-refractivity contribution in [3.05, 3.63) is 159 Å². The fourth-order valence-electron chi connectivity index (χ4n) is 5.29. The number of halogens is 8. The maximum absolute atomic E-state index is 13.4. The van der Waals surface area contributed by atoms with Gasteiger partial charge in [0.15, 0.2) is 0 Å². The fourth-order valence-corrected chi connectivity index (χ4v) is 6.28. The lowest BCUT2D eigenvalue weighted by Gasteiger charge is -2.05. The van der Waals surface area contributed by atoms with E-state index in [1.165, 1.54) is 62.4 Å². The summed E-state index contributed by atoms with van der Waals surface area (Å²) >= 11 is 23.7. The van der Waals surface area contributed by atoms with Gasteiger partial charge in [0.05, 0.1) is 54.0 Å². The van der Waals surface area contributed by atoms with E-state index in [0.717, 1.165) is 5.39 Å². The Morgan fingerprint density at radius 2 is 1.04 bits per heavy atom. The summed E-state index contributed by atoms with van der Waals surface area (Å²) < 4.78 is 52.3. The first-order chi connectivity index (χ1) is 26.4. The van der Waals surface area contributed by atoms with Crippen molar-refractivity contribution >= 4 is 90.0 Å². The van der Waals surface area contributed by atoms with Crippen LogP contribution in [0.15, 0.2) is 82.4 Å². The molecule has 16 heteroatoms. The van der Waals surface area contributed by atoms with E-state index in [1.54, 1.807) is 38.1 Å². The topological polar surface area (TPSA) is 132 Å². The number of H-pyrrole nitrogens is 2. The molecular weight excluding hydrogens is 818 g/mol. The zero-order chi connectivity index (χ0) is 41.2. The van der Waals surface area contributed by atoms with Crippen molar-refractivity contribution < 1.29 is 27.8 Å². The molecule has 4 heterocycles. The van der Waals surface area contributed by atoms with Crippen LogP contribution in [0.1, 0.15) is 22.3 Å². The molecule has 0 saturated heterocycles. The Kier molecular flexibility index (Phi) is 12.8. The second-order valence-corrected chi connectivity index (χ2v) is 13.7. The van der Waals surface area contributed by atoms with E-state index in [4.69, 9.17) is 46.4 Å². The molecule has 0 aliphatic rings. The van der Waals surface area contributed by atoms with Crippen LogP contribution in [0, 0.1) is 51.0 Å². The summed E-state index contributed by atoms with van der Waals surface area (Å²) in [4.78, 5) is 35.5. The molecule has 0 aliphatic heterocycles. The highest BCUT2D eigenvalue weighted by Crippen LogP contribution is 2.32. The highest BCUT2D eigenvalue weighted by atomic mass is 35.5. The van der Waals surface area contributed by atoms with Gasteiger partial charge in [0.2, 0.25) is 0 Å². The SMILES string of the molecule is Cc1c(Cl)nc2cc(F)ccc2c1Cl.Cc1c(Cl)nc2cccc(F)c2c1Cl.Cc1c(O)c2c(F)cccc2[nH]c1=O.Cc1c(O)c2ccc(F)cc2[nH]c1=O. The lowest BCUT2D eigenvalue weighted by Crippen LogP contribution is -2.09. The second-order valence-electron chi connectivity index (χ2n) is 12.2. The average molecular weight is 846 g/mol. The second kappa shape index (κ2) is 17.2. The van der Waals surface area contributed by atoms with Gasteiger partial charge in [0, 0.05) is 28.0 Å². The average Bonchev–Trinajstić information content (AvgIpc) is 3.15. The minimum Gasteiger partial charge on any atom is -0.507 e. The van der Waals surface area contributed by atoms with Gasteiger partial charge in [0.1, 0.15) is 45.1 Å². The number of benzene rings is 4. The molecule has 0 radical (unpaired) electrons. The largest absolute Gasteiger partial charge is 0.507 e. The predicted molar refractivity (Wildman–Crippen MR) is 215 cm³/mol. The van der Waals surface area contributed by atoms with Crippen molar-refractivity contribution in [1.82, 2.24) is 19.9 Å². The Morgan fingerprint density at radius 3 is 1.68 bits per heavy atom. The Hall–Kier alpha value is -5.40. The van der Waals surface area contributed by atoms with Gasteiger partial charge in [-0.1, -0.05) is 58.5 Å². The minimum atomic E-state index is -0.542. The van der Waals surface area contributed by atoms with Crippen molar-refractivity contribution in [3.63, 3.8) is 0 Å². The third kappa shape index (κ3) is 8.69. The summed E-state index contributed by atoms with van der Waals surface area (Å²) in [5.41, 5.74) is 2.44. The van der Waals surface area contributed by atoms with E-state index in [2.05, 4.69) is 19.9 Å². The first kappa shape index (κ1) is 41.8. The summed E-state index contributed by atoms with van der Waals surface area (Å²) in [5.74, 6) is -2.10. The number of hydrogen-bond donors (Lipinski definition) is 4. The van der Waals surface area contributed by atoms with Crippen molar-refractivity contribution in [1.29, 1.82) is 0 Å². The van der Waals surface area contributed by atoms with E-state index in [9.17, 15) is 37.4 Å². The van der Waals surface area contributed by atoms with Gasteiger partial charge in [-0.25, -0.2) is 27.5 Å². The molecule has 0 spiro atoms. The van der Waals surface area contributed by atoms with Crippen LogP contribution in [-0.4, -0.2) is 30.1 Å². The van der Waals surface area contributed by atoms with Gasteiger partial charge in [-0.2, -0.15) is 0 Å². The van der Waals surface area contributed by atoms with Gasteiger partial charge in [-0.3, -0.25) is 9.59 Å². The predicted octanol–water partition coefficient (Wildman–Crippen LogP) is 11.3. The van der Waals surface area contributed by atoms with Gasteiger partial charge in [-0.05, 0) is 82.3 Å². The van der Waals surface area contributed by atoms with Crippen LogP contribution >= 0.6 is 46.4 Å². The van der Waals surface area contributed by atoms with Gasteiger partial charge in [-0.15, -0.1) is 0 Å². The van der Waals surface area contributed by atoms with Gasteiger partial charge < -0.3 is 20.2 Å². The summed E-state index contributed by atoms with van der Waals surface area (Å²) in [6.07, 6.45) is 0. The number of aromatic nitrogens is 4. The molecule has 0 aliphatic carbocycles. The standard InChI is InChI=1S/2C10H6Cl2FN.2C10H8FNO2/c1-5-9(11)7-3-2-6(13)4-8(7)14-10(5)12;1-5-9(11)8-6(13)3-2-4-7(8)14-10(5)12;1-5-9(13)7-3-2-6(11)4-8(7)12-10(5)14;1-5-9(13)8-6(11)3-2-4-7(8)12-10(5)14/h2*2-4H,1H3;2*2-4H,1H3,(H2,12,13,14). The summed E-state index contributed by atoms with van der Waals surface area (Å²) in [7, 11) is 0. The lowest BCUT2D eigenvalue weighted by atomic mass is 10.1. The number of hydrogen-bond acceptors (Lipinski definition) is 6. The summed E-state index contributed by atoms with van der Waals surface area (Å²) in [6.45, 7) is 6.45. The molecule has 0 amide bonds. The van der Waals surface area contributed by atoms with Crippen LogP contribution in [-0.2, 0) is 0 Å². The lowest BCUT2D eigenvalue weighted by molar-refractivity contribution is 0.473. The van der Waals surface area contributed by atoms with Crippen LogP contribution in [0.3, 0.4) is 0 Å². The van der Waals surface area contributed by atoms with Crippen LogP contribution in [0.5, 0.6) is 11.5 Å². The molecule has 56 heavy (non-hydrogen) atoms. The molecular formula is C40H28Cl4F4N4O4. The number of nitrogens with zero attached hydrogens (tertiary/aromatic N) is 2. The van der Waals surface area contributed by atoms with Gasteiger partial charge in [0.25, 0.3) is 11.1 Å². The number of rotatable bonds is 0. The highest BCUT2D eigenvalue weighted by molar-refractivity contribution is 6.39. The molecule has 0 atom stereocenters. The van der Waals surface area contributed by atoms with E-state index in [0.29, 0.717) is 64.3 Å². The number of aromatic amines is 2. The molecule has 0 saturated carbocycles. The molecule has 8 rings (SSSR count). The quantitative estimate of drug-likeness (QED) is 0.0888. The highest BCUT2D eigenvalue weighted by Gasteiger charge is 2.13.